The molecular weight excluding hydrogens is 278 g/mol. The molecule has 7 heteroatoms. The van der Waals surface area contributed by atoms with E-state index in [-0.39, 0.29) is 11.9 Å². The Bertz CT molecular complexity index is 559. The largest absolute Gasteiger partial charge is 0.336 e. The first-order chi connectivity index (χ1) is 9.47. The molecule has 1 saturated heterocycles. The lowest BCUT2D eigenvalue weighted by Crippen LogP contribution is -2.38. The first kappa shape index (κ1) is 14.9. The molecule has 2 rings (SSSR count). The third-order valence-corrected chi connectivity index (χ3v) is 4.12. The van der Waals surface area contributed by atoms with Gasteiger partial charge in [0.2, 0.25) is 10.0 Å². The predicted molar refractivity (Wildman–Crippen MR) is 75.8 cm³/mol. The first-order valence-electron chi connectivity index (χ1n) is 6.63. The summed E-state index contributed by atoms with van der Waals surface area (Å²) in [6, 6.07) is 3.58. The predicted octanol–water partition coefficient (Wildman–Crippen LogP) is 0.625. The molecular formula is C13H19N3O3S. The zero-order valence-electron chi connectivity index (χ0n) is 11.4. The van der Waals surface area contributed by atoms with Crippen LogP contribution >= 0.6 is 0 Å². The number of carbonyl (C=O) groups excluding carboxylic acids is 1. The van der Waals surface area contributed by atoms with Gasteiger partial charge in [-0.3, -0.25) is 9.78 Å². The molecule has 0 radical (unpaired) electrons. The summed E-state index contributed by atoms with van der Waals surface area (Å²) in [5, 5.41) is 0. The minimum atomic E-state index is -3.17. The van der Waals surface area contributed by atoms with Crippen LogP contribution in [-0.2, 0) is 10.0 Å². The van der Waals surface area contributed by atoms with E-state index in [4.69, 9.17) is 0 Å². The molecule has 1 amide bonds. The number of pyridine rings is 1. The van der Waals surface area contributed by atoms with Crippen LogP contribution in [-0.4, -0.2) is 49.6 Å². The van der Waals surface area contributed by atoms with E-state index in [1.807, 2.05) is 4.90 Å². The van der Waals surface area contributed by atoms with Crippen LogP contribution in [0.2, 0.25) is 0 Å². The average molecular weight is 297 g/mol. The van der Waals surface area contributed by atoms with Crippen molar-refractivity contribution in [1.82, 2.24) is 14.6 Å². The van der Waals surface area contributed by atoms with Crippen LogP contribution in [0, 0.1) is 0 Å². The SMILES string of the molecule is CS(=O)(=O)NCC[C@@H]1CCCN1C(=O)c1cccnc1. The second-order valence-corrected chi connectivity index (χ2v) is 6.82. The molecule has 2 heterocycles. The Balaban J connectivity index is 1.95. The first-order valence-corrected chi connectivity index (χ1v) is 8.52. The fourth-order valence-electron chi connectivity index (χ4n) is 2.47. The van der Waals surface area contributed by atoms with Crippen LogP contribution in [0.5, 0.6) is 0 Å². The van der Waals surface area contributed by atoms with Crippen molar-refractivity contribution in [2.24, 2.45) is 0 Å². The van der Waals surface area contributed by atoms with E-state index in [1.54, 1.807) is 24.5 Å². The highest BCUT2D eigenvalue weighted by Crippen LogP contribution is 2.22. The molecule has 1 aromatic rings. The van der Waals surface area contributed by atoms with Crippen molar-refractivity contribution in [3.05, 3.63) is 30.1 Å². The van der Waals surface area contributed by atoms with Crippen LogP contribution in [0.4, 0.5) is 0 Å². The van der Waals surface area contributed by atoms with Gasteiger partial charge in [-0.2, -0.15) is 0 Å². The van der Waals surface area contributed by atoms with Gasteiger partial charge < -0.3 is 4.90 Å². The number of rotatable bonds is 5. The van der Waals surface area contributed by atoms with Crippen LogP contribution in [0.3, 0.4) is 0 Å². The number of aromatic nitrogens is 1. The van der Waals surface area contributed by atoms with Crippen molar-refractivity contribution in [2.75, 3.05) is 19.3 Å². The lowest BCUT2D eigenvalue weighted by Gasteiger charge is -2.24. The minimum Gasteiger partial charge on any atom is -0.336 e. The van der Waals surface area contributed by atoms with E-state index in [1.165, 1.54) is 0 Å². The molecule has 1 aliphatic heterocycles. The molecule has 0 bridgehead atoms. The van der Waals surface area contributed by atoms with Crippen LogP contribution in [0.1, 0.15) is 29.6 Å². The molecule has 1 atom stereocenters. The van der Waals surface area contributed by atoms with Gasteiger partial charge in [0.05, 0.1) is 11.8 Å². The van der Waals surface area contributed by atoms with Gasteiger partial charge in [0.1, 0.15) is 0 Å². The van der Waals surface area contributed by atoms with Gasteiger partial charge in [-0.05, 0) is 31.4 Å². The fourth-order valence-corrected chi connectivity index (χ4v) is 2.96. The normalized spacial score (nSPS) is 19.2. The molecule has 1 aliphatic rings. The Kier molecular flexibility index (Phi) is 4.72. The Labute approximate surface area is 119 Å². The van der Waals surface area contributed by atoms with Crippen molar-refractivity contribution in [1.29, 1.82) is 0 Å². The van der Waals surface area contributed by atoms with Gasteiger partial charge in [0.15, 0.2) is 0 Å². The molecule has 20 heavy (non-hydrogen) atoms. The zero-order chi connectivity index (χ0) is 14.6. The number of hydrogen-bond donors (Lipinski definition) is 1. The highest BCUT2D eigenvalue weighted by molar-refractivity contribution is 7.88. The average Bonchev–Trinajstić information content (AvgIpc) is 2.86. The molecule has 1 aromatic heterocycles. The summed E-state index contributed by atoms with van der Waals surface area (Å²) < 4.78 is 24.6. The maximum Gasteiger partial charge on any atom is 0.255 e. The van der Waals surface area contributed by atoms with Gasteiger partial charge >= 0.3 is 0 Å². The maximum absolute atomic E-state index is 12.4. The summed E-state index contributed by atoms with van der Waals surface area (Å²) in [6.45, 7) is 1.08. The lowest BCUT2D eigenvalue weighted by atomic mass is 10.1. The van der Waals surface area contributed by atoms with Crippen LogP contribution in [0.15, 0.2) is 24.5 Å². The van der Waals surface area contributed by atoms with Gasteiger partial charge in [-0.1, -0.05) is 0 Å². The summed E-state index contributed by atoms with van der Waals surface area (Å²) in [4.78, 5) is 18.1. The van der Waals surface area contributed by atoms with Crippen molar-refractivity contribution in [3.63, 3.8) is 0 Å². The van der Waals surface area contributed by atoms with E-state index < -0.39 is 10.0 Å². The summed E-state index contributed by atoms with van der Waals surface area (Å²) in [5.41, 5.74) is 0.579. The second kappa shape index (κ2) is 6.32. The highest BCUT2D eigenvalue weighted by Gasteiger charge is 2.29. The van der Waals surface area contributed by atoms with E-state index in [0.29, 0.717) is 18.5 Å². The monoisotopic (exact) mass is 297 g/mol. The Morgan fingerprint density at radius 1 is 1.55 bits per heavy atom. The molecule has 0 aliphatic carbocycles. The molecule has 1 N–H and O–H groups in total. The molecule has 0 unspecified atom stereocenters. The number of sulfonamides is 1. The molecule has 110 valence electrons. The van der Waals surface area contributed by atoms with Crippen LogP contribution < -0.4 is 4.72 Å². The number of nitrogens with one attached hydrogen (secondary N) is 1. The smallest absolute Gasteiger partial charge is 0.255 e. The molecule has 0 saturated carbocycles. The lowest BCUT2D eigenvalue weighted by molar-refractivity contribution is 0.0731. The quantitative estimate of drug-likeness (QED) is 0.864. The summed E-state index contributed by atoms with van der Waals surface area (Å²) in [7, 11) is -3.17. The summed E-state index contributed by atoms with van der Waals surface area (Å²) in [5.74, 6) is -0.0278. The molecule has 1 fully saturated rings. The second-order valence-electron chi connectivity index (χ2n) is 4.99. The minimum absolute atomic E-state index is 0.0278. The Hall–Kier alpha value is -1.47. The van der Waals surface area contributed by atoms with E-state index in [9.17, 15) is 13.2 Å². The molecule has 0 spiro atoms. The Morgan fingerprint density at radius 3 is 3.00 bits per heavy atom. The van der Waals surface area contributed by atoms with Gasteiger partial charge in [-0.25, -0.2) is 13.1 Å². The fraction of sp³-hybridized carbons (Fsp3) is 0.538. The van der Waals surface area contributed by atoms with Crippen molar-refractivity contribution in [2.45, 2.75) is 25.3 Å². The number of amides is 1. The van der Waals surface area contributed by atoms with Gasteiger partial charge in [0.25, 0.3) is 5.91 Å². The standard InChI is InChI=1S/C13H19N3O3S/c1-20(18,19)15-8-6-12-5-3-9-16(12)13(17)11-4-2-7-14-10-11/h2,4,7,10,12,15H,3,5-6,8-9H2,1H3/t12-/m0/s1. The number of nitrogens with zero attached hydrogens (tertiary/aromatic N) is 2. The van der Waals surface area contributed by atoms with Crippen LogP contribution in [0.25, 0.3) is 0 Å². The topological polar surface area (TPSA) is 79.4 Å². The third-order valence-electron chi connectivity index (χ3n) is 3.39. The van der Waals surface area contributed by atoms with E-state index in [2.05, 4.69) is 9.71 Å². The maximum atomic E-state index is 12.4. The number of hydrogen-bond acceptors (Lipinski definition) is 4. The summed E-state index contributed by atoms with van der Waals surface area (Å²) >= 11 is 0. The summed E-state index contributed by atoms with van der Waals surface area (Å²) in [6.07, 6.45) is 6.84. The van der Waals surface area contributed by atoms with Crippen molar-refractivity contribution in [3.8, 4) is 0 Å². The van der Waals surface area contributed by atoms with E-state index in [0.717, 1.165) is 25.6 Å². The molecule has 0 aromatic carbocycles. The Morgan fingerprint density at radius 2 is 2.35 bits per heavy atom. The van der Waals surface area contributed by atoms with Gasteiger partial charge in [-0.15, -0.1) is 0 Å². The highest BCUT2D eigenvalue weighted by atomic mass is 32.2. The number of likely N-dealkylation sites (tertiary alicyclic amines) is 1. The van der Waals surface area contributed by atoms with E-state index >= 15 is 0 Å². The van der Waals surface area contributed by atoms with Crippen molar-refractivity contribution < 1.29 is 13.2 Å². The van der Waals surface area contributed by atoms with Gasteiger partial charge in [0, 0.05) is 31.5 Å². The third kappa shape index (κ3) is 4.01. The molecule has 6 nitrogen and oxygen atoms in total. The van der Waals surface area contributed by atoms with Crippen molar-refractivity contribution >= 4 is 15.9 Å². The number of carbonyl (C=O) groups is 1. The zero-order valence-corrected chi connectivity index (χ0v) is 12.3.